The van der Waals surface area contributed by atoms with Crippen LogP contribution in [0.2, 0.25) is 0 Å². The number of para-hydroxylation sites is 6. The van der Waals surface area contributed by atoms with E-state index in [0.29, 0.717) is 17.8 Å². The lowest BCUT2D eigenvalue weighted by molar-refractivity contribution is 1.01. The zero-order valence-electron chi connectivity index (χ0n) is 72.9. The van der Waals surface area contributed by atoms with Crippen LogP contribution >= 0.6 is 34.0 Å². The first-order valence-electron chi connectivity index (χ1n) is 45.8. The second-order valence-corrected chi connectivity index (χ2v) is 38.4. The van der Waals surface area contributed by atoms with Gasteiger partial charge in [0.15, 0.2) is 0 Å². The van der Waals surface area contributed by atoms with Crippen molar-refractivity contribution < 1.29 is 0 Å². The summed E-state index contributed by atoms with van der Waals surface area (Å²) in [6.07, 6.45) is 1.92. The molecular weight excluding hydrogens is 1710 g/mol. The van der Waals surface area contributed by atoms with Gasteiger partial charge in [-0.15, -0.1) is 34.0 Å². The number of hydrogen-bond donors (Lipinski definition) is 0. The Morgan fingerprint density at radius 1 is 0.162 bits per heavy atom. The van der Waals surface area contributed by atoms with Gasteiger partial charge in [0.25, 0.3) is 0 Å². The van der Waals surface area contributed by atoms with E-state index in [9.17, 15) is 0 Å². The van der Waals surface area contributed by atoms with Crippen molar-refractivity contribution in [2.45, 2.75) is 0 Å². The van der Waals surface area contributed by atoms with Crippen LogP contribution in [0.25, 0.3) is 275 Å². The molecule has 632 valence electrons. The van der Waals surface area contributed by atoms with Crippen LogP contribution in [0.3, 0.4) is 0 Å². The van der Waals surface area contributed by atoms with Crippen LogP contribution < -0.4 is 0 Å². The third-order valence-electron chi connectivity index (χ3n) is 27.4. The lowest BCUT2D eigenvalue weighted by Crippen LogP contribution is -2.03. The number of thiophene rings is 3. The van der Waals surface area contributed by atoms with Gasteiger partial charge in [0.05, 0.1) is 61.0 Å². The Labute approximate surface area is 789 Å². The molecule has 0 aliphatic carbocycles. The maximum Gasteiger partial charge on any atom is 0.235 e. The van der Waals surface area contributed by atoms with E-state index >= 15 is 0 Å². The van der Waals surface area contributed by atoms with E-state index in [1.165, 1.54) is 169 Å². The van der Waals surface area contributed by atoms with Crippen molar-refractivity contribution in [3.05, 3.63) is 443 Å². The van der Waals surface area contributed by atoms with Gasteiger partial charge in [0.1, 0.15) is 0 Å². The largest absolute Gasteiger partial charge is 0.278 e. The molecule has 0 spiro atoms. The van der Waals surface area contributed by atoms with Crippen LogP contribution in [0, 0.1) is 0 Å². The molecule has 12 heteroatoms. The number of hydrogen-bond acceptors (Lipinski definition) is 9. The van der Waals surface area contributed by atoms with Gasteiger partial charge in [-0.05, 0) is 210 Å². The van der Waals surface area contributed by atoms with E-state index < -0.39 is 0 Å². The molecule has 0 aliphatic heterocycles. The molecule has 0 saturated carbocycles. The molecule has 0 atom stereocenters. The van der Waals surface area contributed by atoms with Gasteiger partial charge in [-0.25, -0.2) is 29.9 Å². The SMILES string of the molecule is c1ccc(-c2nc(-n3c4ccccc4c4c5ccc(-c6ccc7sc8ccccc8c7c6)cc5ccc43)nc3ccccc23)cc1.c1ccc2cc(-c3nc(-n4c5ccccc5c5c6ccc(-c7ccc8sc9ccccc9c8c7)cc6ccc54)nc4ccccc34)ccc2c1.c1ccc2nc(-n3c4ccccc4c4c5ccc(-c6ccc7sc8ccccc8c7c6)cc5ccc43)ncc2c1. The van der Waals surface area contributed by atoms with E-state index in [0.717, 1.165) is 88.3 Å². The average Bonchev–Trinajstić information content (AvgIpc) is 1.57. The molecule has 30 aromatic rings. The number of rotatable bonds is 8. The van der Waals surface area contributed by atoms with Crippen LogP contribution in [-0.2, 0) is 0 Å². The highest BCUT2D eigenvalue weighted by Gasteiger charge is 2.25. The van der Waals surface area contributed by atoms with Crippen LogP contribution in [0.5, 0.6) is 0 Å². The third kappa shape index (κ3) is 12.6. The summed E-state index contributed by atoms with van der Waals surface area (Å²) in [5.74, 6) is 2.04. The fourth-order valence-corrected chi connectivity index (χ4v) is 24.3. The second-order valence-electron chi connectivity index (χ2n) is 35.1. The van der Waals surface area contributed by atoms with Gasteiger partial charge in [-0.2, -0.15) is 0 Å². The Balaban J connectivity index is 0.000000102. The summed E-state index contributed by atoms with van der Waals surface area (Å²) in [5, 5.41) is 28.1. The Kier molecular flexibility index (Phi) is 17.8. The summed E-state index contributed by atoms with van der Waals surface area (Å²) in [6.45, 7) is 0. The molecule has 0 aliphatic rings. The van der Waals surface area contributed by atoms with Gasteiger partial charge in [-0.3, -0.25) is 13.7 Å². The lowest BCUT2D eigenvalue weighted by atomic mass is 9.97. The van der Waals surface area contributed by atoms with Gasteiger partial charge >= 0.3 is 0 Å². The molecule has 9 heterocycles. The van der Waals surface area contributed by atoms with Gasteiger partial charge in [0, 0.05) is 126 Å². The predicted molar refractivity (Wildman–Crippen MR) is 578 cm³/mol. The average molecular weight is 1790 g/mol. The fourth-order valence-electron chi connectivity index (χ4n) is 21.1. The molecule has 0 amide bonds. The lowest BCUT2D eigenvalue weighted by Gasteiger charge is -2.12. The Morgan fingerprint density at radius 3 is 0.919 bits per heavy atom. The summed E-state index contributed by atoms with van der Waals surface area (Å²) in [4.78, 5) is 30.6. The molecule has 0 N–H and O–H groups in total. The van der Waals surface area contributed by atoms with E-state index in [4.69, 9.17) is 29.9 Å². The number of fused-ring (bicyclic) bond motifs is 28. The minimum Gasteiger partial charge on any atom is -0.278 e. The molecular formula is C124H73N9S3. The molecule has 0 saturated heterocycles. The molecule has 9 nitrogen and oxygen atoms in total. The van der Waals surface area contributed by atoms with E-state index in [1.807, 2.05) is 70.5 Å². The minimum absolute atomic E-state index is 0.672. The molecule has 0 bridgehead atoms. The van der Waals surface area contributed by atoms with Gasteiger partial charge in [-0.1, -0.05) is 303 Å². The Bertz CT molecular complexity index is 10300. The first kappa shape index (κ1) is 77.5. The van der Waals surface area contributed by atoms with Crippen molar-refractivity contribution >= 4 is 236 Å². The predicted octanol–water partition coefficient (Wildman–Crippen LogP) is 34.2. The number of benzene rings is 21. The van der Waals surface area contributed by atoms with E-state index in [-0.39, 0.29) is 0 Å². The van der Waals surface area contributed by atoms with Crippen LogP contribution in [0.4, 0.5) is 0 Å². The van der Waals surface area contributed by atoms with Crippen LogP contribution in [-0.4, -0.2) is 43.6 Å². The highest BCUT2D eigenvalue weighted by atomic mass is 32.1. The maximum absolute atomic E-state index is 5.35. The summed E-state index contributed by atoms with van der Waals surface area (Å²) in [7, 11) is 0. The van der Waals surface area contributed by atoms with Crippen molar-refractivity contribution in [2.75, 3.05) is 0 Å². The molecule has 21 aromatic carbocycles. The first-order chi connectivity index (χ1) is 67.4. The third-order valence-corrected chi connectivity index (χ3v) is 30.9. The summed E-state index contributed by atoms with van der Waals surface area (Å²) in [5.41, 5.74) is 20.8. The minimum atomic E-state index is 0.672. The highest BCUT2D eigenvalue weighted by molar-refractivity contribution is 7.26. The normalized spacial score (nSPS) is 12.0. The monoisotopic (exact) mass is 1780 g/mol. The molecule has 136 heavy (non-hydrogen) atoms. The summed E-state index contributed by atoms with van der Waals surface area (Å²) in [6, 6.07) is 157. The number of nitrogens with zero attached hydrogens (tertiary/aromatic N) is 9. The van der Waals surface area contributed by atoms with Crippen molar-refractivity contribution in [1.29, 1.82) is 0 Å². The summed E-state index contributed by atoms with van der Waals surface area (Å²) >= 11 is 5.58. The zero-order chi connectivity index (χ0) is 89.2. The van der Waals surface area contributed by atoms with Gasteiger partial charge < -0.3 is 0 Å². The Hall–Kier alpha value is -17.3. The summed E-state index contributed by atoms with van der Waals surface area (Å²) < 4.78 is 14.6. The molecule has 30 rings (SSSR count). The highest BCUT2D eigenvalue weighted by Crippen LogP contribution is 2.47. The quantitative estimate of drug-likeness (QED) is 0.150. The van der Waals surface area contributed by atoms with Crippen molar-refractivity contribution in [2.24, 2.45) is 0 Å². The van der Waals surface area contributed by atoms with Gasteiger partial charge in [0.2, 0.25) is 17.8 Å². The molecule has 0 radical (unpaired) electrons. The number of aromatic nitrogens is 9. The van der Waals surface area contributed by atoms with E-state index in [1.54, 1.807) is 0 Å². The molecule has 0 unspecified atom stereocenters. The van der Waals surface area contributed by atoms with Crippen molar-refractivity contribution in [3.8, 4) is 73.7 Å². The van der Waals surface area contributed by atoms with Crippen molar-refractivity contribution in [3.63, 3.8) is 0 Å². The van der Waals surface area contributed by atoms with Crippen LogP contribution in [0.15, 0.2) is 443 Å². The Morgan fingerprint density at radius 2 is 0.471 bits per heavy atom. The standard InChI is InChI=1S/C46H27N3S.C42H25N3S.C36H21N3S/c1-2-10-29-26-33(18-17-28(29)9-1)45-36-12-3-6-14-39(36)47-46(48-45)49-40-15-7-4-13-37(40)44-34-22-19-30(25-32(34)20-23-41(44)49)31-21-24-43-38(27-31)35-11-5-8-16-42(35)50-43;1-2-10-26(11-3-1)41-32-13-4-7-15-35(32)43-42(44-41)45-36-16-8-5-14-33(36)40-30-21-18-27(24-29(30)19-22-37(40)45)28-20-23-39-34(25-28)31-12-6-9-17-38(31)46-39;1-4-10-30-25(7-1)21-37-36(38-30)39-31-11-5-2-9-28(31)35-26-16-13-22(19-24(26)14-17-32(35)39)23-15-18-34-29(20-23)27-8-3-6-12-33(27)40-34/h1-27H;1-25H;1-21H. The van der Waals surface area contributed by atoms with E-state index in [2.05, 4.69) is 420 Å². The maximum atomic E-state index is 5.35. The topological polar surface area (TPSA) is 92.1 Å². The van der Waals surface area contributed by atoms with Crippen LogP contribution in [0.1, 0.15) is 0 Å². The van der Waals surface area contributed by atoms with Crippen molar-refractivity contribution in [1.82, 2.24) is 43.6 Å². The first-order valence-corrected chi connectivity index (χ1v) is 48.3. The molecule has 0 fully saturated rings. The molecule has 9 aromatic heterocycles. The second kappa shape index (κ2) is 31.2. The fraction of sp³-hybridized carbons (Fsp3) is 0. The zero-order valence-corrected chi connectivity index (χ0v) is 75.3. The smallest absolute Gasteiger partial charge is 0.235 e.